The number of methoxy groups -OCH3 is 1. The summed E-state index contributed by atoms with van der Waals surface area (Å²) in [5, 5.41) is 2.58. The van der Waals surface area contributed by atoms with Gasteiger partial charge in [-0.05, 0) is 67.1 Å². The second-order valence-electron chi connectivity index (χ2n) is 6.28. The average molecular weight is 414 g/mol. The lowest BCUT2D eigenvalue weighted by atomic mass is 10.1. The lowest BCUT2D eigenvalue weighted by molar-refractivity contribution is 0.102. The summed E-state index contributed by atoms with van der Waals surface area (Å²) in [5.41, 5.74) is 1.21. The van der Waals surface area contributed by atoms with Crippen LogP contribution >= 0.6 is 0 Å². The van der Waals surface area contributed by atoms with Crippen LogP contribution in [0.2, 0.25) is 0 Å². The van der Waals surface area contributed by atoms with E-state index in [1.807, 2.05) is 0 Å². The first kappa shape index (κ1) is 20.3. The van der Waals surface area contributed by atoms with Crippen molar-refractivity contribution in [2.75, 3.05) is 17.1 Å². The Kier molecular flexibility index (Phi) is 5.84. The predicted molar refractivity (Wildman–Crippen MR) is 109 cm³/mol. The van der Waals surface area contributed by atoms with Crippen molar-refractivity contribution in [1.82, 2.24) is 0 Å². The maximum absolute atomic E-state index is 13.7. The number of benzene rings is 3. The molecule has 0 aliphatic heterocycles. The summed E-state index contributed by atoms with van der Waals surface area (Å²) in [7, 11) is -2.35. The van der Waals surface area contributed by atoms with Gasteiger partial charge >= 0.3 is 0 Å². The molecule has 29 heavy (non-hydrogen) atoms. The fourth-order valence-electron chi connectivity index (χ4n) is 2.55. The first-order valence-electron chi connectivity index (χ1n) is 8.63. The summed E-state index contributed by atoms with van der Waals surface area (Å²) in [4.78, 5) is 12.3. The summed E-state index contributed by atoms with van der Waals surface area (Å²) in [6, 6.07) is 16.4. The van der Waals surface area contributed by atoms with E-state index in [0.717, 1.165) is 6.07 Å². The van der Waals surface area contributed by atoms with Crippen LogP contribution in [0.5, 0.6) is 5.75 Å². The van der Waals surface area contributed by atoms with Gasteiger partial charge in [0, 0.05) is 16.9 Å². The summed E-state index contributed by atoms with van der Waals surface area (Å²) >= 11 is 0. The highest BCUT2D eigenvalue weighted by molar-refractivity contribution is 7.92. The number of hydrogen-bond donors (Lipinski definition) is 2. The molecular formula is C21H19FN2O4S. The Labute approximate surface area is 168 Å². The van der Waals surface area contributed by atoms with E-state index in [0.29, 0.717) is 17.0 Å². The van der Waals surface area contributed by atoms with Gasteiger partial charge in [-0.15, -0.1) is 0 Å². The molecule has 0 saturated carbocycles. The molecule has 3 rings (SSSR count). The first-order chi connectivity index (χ1) is 13.8. The molecule has 6 nitrogen and oxygen atoms in total. The zero-order valence-electron chi connectivity index (χ0n) is 15.8. The molecule has 0 bridgehead atoms. The van der Waals surface area contributed by atoms with Crippen LogP contribution in [0.15, 0.2) is 71.6 Å². The Morgan fingerprint density at radius 1 is 0.966 bits per heavy atom. The molecular weight excluding hydrogens is 395 g/mol. The number of carbonyl (C=O) groups excluding carboxylic acids is 1. The standard InChI is InChI=1S/C21H19FN2O4S/c1-14-6-7-15(12-20(14)22)21(25)23-17-4-3-5-19(13-17)29(26,27)24-16-8-10-18(28-2)11-9-16/h3-13,24H,1-2H3,(H,23,25). The number of carbonyl (C=O) groups is 1. The molecule has 0 spiro atoms. The van der Waals surface area contributed by atoms with Crippen LogP contribution in [-0.4, -0.2) is 21.4 Å². The molecule has 150 valence electrons. The maximum atomic E-state index is 13.7. The fraction of sp³-hybridized carbons (Fsp3) is 0.0952. The van der Waals surface area contributed by atoms with Crippen molar-refractivity contribution in [2.45, 2.75) is 11.8 Å². The van der Waals surface area contributed by atoms with Crippen LogP contribution in [0.3, 0.4) is 0 Å². The van der Waals surface area contributed by atoms with Gasteiger partial charge in [0.15, 0.2) is 0 Å². The SMILES string of the molecule is COc1ccc(NS(=O)(=O)c2cccc(NC(=O)c3ccc(C)c(F)c3)c2)cc1. The molecule has 0 fully saturated rings. The molecule has 2 N–H and O–H groups in total. The van der Waals surface area contributed by atoms with Crippen molar-refractivity contribution in [1.29, 1.82) is 0 Å². The number of nitrogens with one attached hydrogen (secondary N) is 2. The number of ether oxygens (including phenoxy) is 1. The predicted octanol–water partition coefficient (Wildman–Crippen LogP) is 4.20. The molecule has 0 aliphatic rings. The number of rotatable bonds is 6. The molecule has 3 aromatic carbocycles. The van der Waals surface area contributed by atoms with E-state index in [1.165, 1.54) is 37.4 Å². The zero-order chi connectivity index (χ0) is 21.0. The average Bonchev–Trinajstić information content (AvgIpc) is 2.70. The summed E-state index contributed by atoms with van der Waals surface area (Å²) in [5.74, 6) is -0.426. The van der Waals surface area contributed by atoms with Gasteiger partial charge in [-0.2, -0.15) is 0 Å². The van der Waals surface area contributed by atoms with Crippen molar-refractivity contribution in [3.05, 3.63) is 83.7 Å². The van der Waals surface area contributed by atoms with Gasteiger partial charge in [-0.1, -0.05) is 12.1 Å². The highest BCUT2D eigenvalue weighted by Gasteiger charge is 2.16. The number of anilines is 2. The summed E-state index contributed by atoms with van der Waals surface area (Å²) in [6.07, 6.45) is 0. The molecule has 8 heteroatoms. The van der Waals surface area contributed by atoms with Crippen molar-refractivity contribution < 1.29 is 22.3 Å². The minimum Gasteiger partial charge on any atom is -0.497 e. The molecule has 0 radical (unpaired) electrons. The molecule has 0 heterocycles. The van der Waals surface area contributed by atoms with Crippen LogP contribution in [0.25, 0.3) is 0 Å². The highest BCUT2D eigenvalue weighted by Crippen LogP contribution is 2.22. The Morgan fingerprint density at radius 3 is 2.34 bits per heavy atom. The van der Waals surface area contributed by atoms with E-state index in [-0.39, 0.29) is 16.1 Å². The van der Waals surface area contributed by atoms with E-state index in [9.17, 15) is 17.6 Å². The largest absolute Gasteiger partial charge is 0.497 e. The Bertz CT molecular complexity index is 1150. The smallest absolute Gasteiger partial charge is 0.261 e. The van der Waals surface area contributed by atoms with Gasteiger partial charge in [0.25, 0.3) is 15.9 Å². The topological polar surface area (TPSA) is 84.5 Å². The summed E-state index contributed by atoms with van der Waals surface area (Å²) < 4.78 is 46.5. The minimum atomic E-state index is -3.87. The first-order valence-corrected chi connectivity index (χ1v) is 10.1. The molecule has 1 amide bonds. The lowest BCUT2D eigenvalue weighted by Gasteiger charge is -2.11. The van der Waals surface area contributed by atoms with Crippen molar-refractivity contribution in [3.63, 3.8) is 0 Å². The zero-order valence-corrected chi connectivity index (χ0v) is 16.6. The Morgan fingerprint density at radius 2 is 1.69 bits per heavy atom. The third-order valence-corrected chi connectivity index (χ3v) is 5.56. The number of halogens is 1. The fourth-order valence-corrected chi connectivity index (χ4v) is 3.66. The van der Waals surface area contributed by atoms with Crippen LogP contribution in [-0.2, 0) is 10.0 Å². The van der Waals surface area contributed by atoms with E-state index in [2.05, 4.69) is 10.0 Å². The quantitative estimate of drug-likeness (QED) is 0.633. The number of aryl methyl sites for hydroxylation is 1. The van der Waals surface area contributed by atoms with Crippen molar-refractivity contribution in [2.24, 2.45) is 0 Å². The monoisotopic (exact) mass is 414 g/mol. The van der Waals surface area contributed by atoms with Crippen LogP contribution < -0.4 is 14.8 Å². The third-order valence-electron chi connectivity index (χ3n) is 4.18. The number of amides is 1. The van der Waals surface area contributed by atoms with Gasteiger partial charge in [-0.25, -0.2) is 12.8 Å². The maximum Gasteiger partial charge on any atom is 0.261 e. The molecule has 0 atom stereocenters. The highest BCUT2D eigenvalue weighted by atomic mass is 32.2. The molecule has 0 unspecified atom stereocenters. The Balaban J connectivity index is 1.78. The number of hydrogen-bond acceptors (Lipinski definition) is 4. The van der Waals surface area contributed by atoms with E-state index >= 15 is 0 Å². The van der Waals surface area contributed by atoms with Crippen molar-refractivity contribution in [3.8, 4) is 5.75 Å². The van der Waals surface area contributed by atoms with Gasteiger partial charge in [0.1, 0.15) is 11.6 Å². The van der Waals surface area contributed by atoms with Gasteiger partial charge in [0.05, 0.1) is 12.0 Å². The third kappa shape index (κ3) is 4.91. The molecule has 0 saturated heterocycles. The van der Waals surface area contributed by atoms with Crippen LogP contribution in [0, 0.1) is 12.7 Å². The molecule has 3 aromatic rings. The van der Waals surface area contributed by atoms with Gasteiger partial charge in [-0.3, -0.25) is 9.52 Å². The van der Waals surface area contributed by atoms with E-state index < -0.39 is 21.7 Å². The Hall–Kier alpha value is -3.39. The second-order valence-corrected chi connectivity index (χ2v) is 7.96. The molecule has 0 aliphatic carbocycles. The van der Waals surface area contributed by atoms with E-state index in [4.69, 9.17) is 4.74 Å². The minimum absolute atomic E-state index is 0.0267. The van der Waals surface area contributed by atoms with Crippen molar-refractivity contribution >= 4 is 27.3 Å². The van der Waals surface area contributed by atoms with Gasteiger partial charge < -0.3 is 10.1 Å². The van der Waals surface area contributed by atoms with Crippen LogP contribution in [0.1, 0.15) is 15.9 Å². The second kappa shape index (κ2) is 8.32. The molecule has 0 aromatic heterocycles. The normalized spacial score (nSPS) is 11.0. The van der Waals surface area contributed by atoms with Gasteiger partial charge in [0.2, 0.25) is 0 Å². The van der Waals surface area contributed by atoms with E-state index in [1.54, 1.807) is 37.3 Å². The number of sulfonamides is 1. The lowest BCUT2D eigenvalue weighted by Crippen LogP contribution is -2.15. The summed E-state index contributed by atoms with van der Waals surface area (Å²) in [6.45, 7) is 1.60. The van der Waals surface area contributed by atoms with Crippen LogP contribution in [0.4, 0.5) is 15.8 Å².